The number of Topliss-reactive ketones (excluding diaryl/α,β-unsaturated/α-hetero) is 1. The van der Waals surface area contributed by atoms with Gasteiger partial charge in [0.05, 0.1) is 25.2 Å². The maximum Gasteiger partial charge on any atom is 0.428 e. The number of rotatable bonds is 4. The molecule has 8 heteroatoms. The molecule has 112 valence electrons. The number of hydrogen-bond donors (Lipinski definition) is 1. The highest BCUT2D eigenvalue weighted by atomic mass is 19.4. The van der Waals surface area contributed by atoms with Crippen LogP contribution in [0, 0.1) is 11.3 Å². The van der Waals surface area contributed by atoms with E-state index >= 15 is 0 Å². The number of nitriles is 1. The number of alkyl halides is 3. The van der Waals surface area contributed by atoms with Gasteiger partial charge in [0, 0.05) is 5.56 Å². The number of carbonyl (C=O) groups excluding carboxylic acids is 2. The van der Waals surface area contributed by atoms with Crippen molar-refractivity contribution in [2.75, 3.05) is 7.11 Å². The Morgan fingerprint density at radius 2 is 2.00 bits per heavy atom. The summed E-state index contributed by atoms with van der Waals surface area (Å²) < 4.78 is 42.3. The van der Waals surface area contributed by atoms with E-state index in [1.165, 1.54) is 18.2 Å². The van der Waals surface area contributed by atoms with Gasteiger partial charge < -0.3 is 9.84 Å². The molecule has 0 aliphatic carbocycles. The lowest BCUT2D eigenvalue weighted by atomic mass is 9.92. The quantitative estimate of drug-likeness (QED) is 0.674. The Bertz CT molecular complexity index is 606. The Hall–Kier alpha value is -2.40. The van der Waals surface area contributed by atoms with Crippen LogP contribution in [0.1, 0.15) is 22.3 Å². The molecule has 1 rings (SSSR count). The fourth-order valence-corrected chi connectivity index (χ4v) is 1.55. The minimum Gasteiger partial charge on any atom is -0.467 e. The van der Waals surface area contributed by atoms with E-state index in [0.29, 0.717) is 7.11 Å². The molecule has 0 aromatic heterocycles. The number of carbonyl (C=O) groups is 2. The predicted octanol–water partition coefficient (Wildman–Crippen LogP) is 1.60. The van der Waals surface area contributed by atoms with Crippen molar-refractivity contribution in [2.45, 2.75) is 18.2 Å². The van der Waals surface area contributed by atoms with Crippen molar-refractivity contribution in [1.29, 1.82) is 5.26 Å². The first-order valence-corrected chi connectivity index (χ1v) is 5.56. The molecule has 0 radical (unpaired) electrons. The molecule has 0 bridgehead atoms. The van der Waals surface area contributed by atoms with Crippen LogP contribution in [0.3, 0.4) is 0 Å². The predicted molar refractivity (Wildman–Crippen MR) is 63.1 cm³/mol. The molecule has 0 aliphatic heterocycles. The average Bonchev–Trinajstić information content (AvgIpc) is 2.44. The topological polar surface area (TPSA) is 87.4 Å². The zero-order valence-corrected chi connectivity index (χ0v) is 10.8. The number of benzene rings is 1. The van der Waals surface area contributed by atoms with Gasteiger partial charge in [0.2, 0.25) is 0 Å². The summed E-state index contributed by atoms with van der Waals surface area (Å²) in [7, 11) is 0.666. The molecule has 0 unspecified atom stereocenters. The van der Waals surface area contributed by atoms with Crippen LogP contribution >= 0.6 is 0 Å². The summed E-state index contributed by atoms with van der Waals surface area (Å²) in [5, 5.41) is 18.2. The largest absolute Gasteiger partial charge is 0.467 e. The van der Waals surface area contributed by atoms with Gasteiger partial charge in [0.25, 0.3) is 5.60 Å². The lowest BCUT2D eigenvalue weighted by Crippen LogP contribution is -2.54. The first-order chi connectivity index (χ1) is 9.65. The van der Waals surface area contributed by atoms with E-state index in [2.05, 4.69) is 4.74 Å². The number of ketones is 1. The van der Waals surface area contributed by atoms with Crippen LogP contribution in [0.2, 0.25) is 0 Å². The lowest BCUT2D eigenvalue weighted by molar-refractivity contribution is -0.260. The first-order valence-electron chi connectivity index (χ1n) is 5.56. The Balaban J connectivity index is 3.13. The summed E-state index contributed by atoms with van der Waals surface area (Å²) in [6.07, 6.45) is -6.90. The molecule has 21 heavy (non-hydrogen) atoms. The van der Waals surface area contributed by atoms with Crippen molar-refractivity contribution in [3.63, 3.8) is 0 Å². The summed E-state index contributed by atoms with van der Waals surface area (Å²) in [5.74, 6) is -3.11. The van der Waals surface area contributed by atoms with Gasteiger partial charge in [0.1, 0.15) is 0 Å². The summed E-state index contributed by atoms with van der Waals surface area (Å²) in [5.41, 5.74) is -4.09. The normalized spacial score (nSPS) is 13.9. The Morgan fingerprint density at radius 3 is 2.48 bits per heavy atom. The number of nitrogens with zero attached hydrogens (tertiary/aromatic N) is 1. The molecular formula is C13H10F3NO4. The van der Waals surface area contributed by atoms with Crippen molar-refractivity contribution >= 4 is 11.8 Å². The van der Waals surface area contributed by atoms with Crippen molar-refractivity contribution in [3.8, 4) is 6.07 Å². The highest BCUT2D eigenvalue weighted by Gasteiger charge is 2.61. The molecular weight excluding hydrogens is 291 g/mol. The van der Waals surface area contributed by atoms with Crippen molar-refractivity contribution in [1.82, 2.24) is 0 Å². The minimum absolute atomic E-state index is 0.0643. The van der Waals surface area contributed by atoms with Crippen LogP contribution in [0.4, 0.5) is 13.2 Å². The third kappa shape index (κ3) is 3.38. The molecule has 1 aromatic rings. The van der Waals surface area contributed by atoms with Crippen LogP contribution in [0.15, 0.2) is 24.3 Å². The van der Waals surface area contributed by atoms with Crippen molar-refractivity contribution in [2.24, 2.45) is 0 Å². The molecule has 0 saturated carbocycles. The van der Waals surface area contributed by atoms with Crippen molar-refractivity contribution < 1.29 is 32.6 Å². The van der Waals surface area contributed by atoms with Gasteiger partial charge >= 0.3 is 12.1 Å². The lowest BCUT2D eigenvalue weighted by Gasteiger charge is -2.26. The van der Waals surface area contributed by atoms with Gasteiger partial charge in [-0.1, -0.05) is 12.1 Å². The minimum atomic E-state index is -5.37. The maximum absolute atomic E-state index is 12.8. The van der Waals surface area contributed by atoms with E-state index in [9.17, 15) is 27.9 Å². The fraction of sp³-hybridized carbons (Fsp3) is 0.308. The molecule has 5 nitrogen and oxygen atoms in total. The van der Waals surface area contributed by atoms with E-state index in [1.54, 1.807) is 6.07 Å². The summed E-state index contributed by atoms with van der Waals surface area (Å²) >= 11 is 0. The number of hydrogen-bond acceptors (Lipinski definition) is 5. The third-order valence-corrected chi connectivity index (χ3v) is 2.72. The molecule has 0 spiro atoms. The number of esters is 1. The zero-order valence-electron chi connectivity index (χ0n) is 10.8. The maximum atomic E-state index is 12.8. The monoisotopic (exact) mass is 301 g/mol. The molecule has 1 aromatic carbocycles. The fourth-order valence-electron chi connectivity index (χ4n) is 1.55. The highest BCUT2D eigenvalue weighted by Crippen LogP contribution is 2.35. The van der Waals surface area contributed by atoms with E-state index in [1.807, 2.05) is 0 Å². The standard InChI is InChI=1S/C13H10F3NO4/c1-21-11(19)12(20,13(14,15)16)6-10(18)9-4-2-3-8(5-9)7-17/h2-5,20H,6H2,1H3/t12-/m0/s1. The van der Waals surface area contributed by atoms with Gasteiger partial charge in [-0.15, -0.1) is 0 Å². The van der Waals surface area contributed by atoms with Crippen LogP contribution in [0.5, 0.6) is 0 Å². The second-order valence-electron chi connectivity index (χ2n) is 4.14. The average molecular weight is 301 g/mol. The van der Waals surface area contributed by atoms with Crippen LogP contribution in [0.25, 0.3) is 0 Å². The van der Waals surface area contributed by atoms with Gasteiger partial charge in [0.15, 0.2) is 5.78 Å². The number of aliphatic hydroxyl groups is 1. The van der Waals surface area contributed by atoms with Gasteiger partial charge in [-0.05, 0) is 12.1 Å². The number of methoxy groups -OCH3 is 1. The summed E-state index contributed by atoms with van der Waals surface area (Å²) in [6.45, 7) is 0. The smallest absolute Gasteiger partial charge is 0.428 e. The molecule has 0 saturated heterocycles. The molecule has 1 N–H and O–H groups in total. The van der Waals surface area contributed by atoms with Gasteiger partial charge in [-0.2, -0.15) is 18.4 Å². The van der Waals surface area contributed by atoms with Crippen LogP contribution in [-0.2, 0) is 9.53 Å². The van der Waals surface area contributed by atoms with Crippen molar-refractivity contribution in [3.05, 3.63) is 35.4 Å². The Labute approximate surface area is 117 Å². The van der Waals surface area contributed by atoms with Crippen LogP contribution < -0.4 is 0 Å². The van der Waals surface area contributed by atoms with Gasteiger partial charge in [-0.3, -0.25) is 4.79 Å². The first kappa shape index (κ1) is 16.7. The highest BCUT2D eigenvalue weighted by molar-refractivity contribution is 6.00. The molecule has 0 aliphatic rings. The molecule has 1 atom stereocenters. The second kappa shape index (κ2) is 5.93. The van der Waals surface area contributed by atoms with Crippen LogP contribution in [-0.4, -0.2) is 35.7 Å². The van der Waals surface area contributed by atoms with E-state index in [-0.39, 0.29) is 11.1 Å². The van der Waals surface area contributed by atoms with E-state index in [0.717, 1.165) is 6.07 Å². The Morgan fingerprint density at radius 1 is 1.38 bits per heavy atom. The zero-order chi connectivity index (χ0) is 16.3. The summed E-state index contributed by atoms with van der Waals surface area (Å²) in [4.78, 5) is 23.0. The number of ether oxygens (including phenoxy) is 1. The van der Waals surface area contributed by atoms with E-state index < -0.39 is 30.0 Å². The van der Waals surface area contributed by atoms with Gasteiger partial charge in [-0.25, -0.2) is 4.79 Å². The SMILES string of the molecule is COC(=O)[C@@](O)(CC(=O)c1cccc(C#N)c1)C(F)(F)F. The summed E-state index contributed by atoms with van der Waals surface area (Å²) in [6, 6.07) is 6.62. The molecule has 0 fully saturated rings. The second-order valence-corrected chi connectivity index (χ2v) is 4.14. The Kier molecular flexibility index (Phi) is 4.70. The molecule has 0 heterocycles. The number of halogens is 3. The third-order valence-electron chi connectivity index (χ3n) is 2.72. The molecule has 0 amide bonds. The van der Waals surface area contributed by atoms with E-state index in [4.69, 9.17) is 5.26 Å².